The predicted molar refractivity (Wildman–Crippen MR) is 133 cm³/mol. The molecule has 4 aromatic rings. The minimum atomic E-state index is 0.537. The molecule has 5 nitrogen and oxygen atoms in total. The fourth-order valence-electron chi connectivity index (χ4n) is 4.81. The molecule has 3 heterocycles. The van der Waals surface area contributed by atoms with Crippen molar-refractivity contribution in [3.63, 3.8) is 0 Å². The lowest BCUT2D eigenvalue weighted by atomic mass is 9.95. The van der Waals surface area contributed by atoms with Gasteiger partial charge in [-0.2, -0.15) is 0 Å². The molecule has 2 aromatic heterocycles. The van der Waals surface area contributed by atoms with Crippen molar-refractivity contribution in [1.29, 1.82) is 0 Å². The van der Waals surface area contributed by atoms with E-state index in [1.807, 2.05) is 29.5 Å². The molecule has 0 saturated carbocycles. The van der Waals surface area contributed by atoms with Crippen molar-refractivity contribution in [2.75, 3.05) is 13.1 Å². The molecule has 0 aliphatic carbocycles. The van der Waals surface area contributed by atoms with E-state index in [0.29, 0.717) is 11.8 Å². The topological polar surface area (TPSA) is 38.9 Å². The Balaban J connectivity index is 1.17. The Morgan fingerprint density at radius 3 is 2.21 bits per heavy atom. The van der Waals surface area contributed by atoms with E-state index in [1.54, 1.807) is 0 Å². The molecule has 0 N–H and O–H groups in total. The number of aromatic nitrogens is 4. The summed E-state index contributed by atoms with van der Waals surface area (Å²) < 4.78 is 4.38. The maximum Gasteiger partial charge on any atom is 0.112 e. The second-order valence-corrected chi connectivity index (χ2v) is 9.50. The third-order valence-electron chi connectivity index (χ3n) is 6.84. The van der Waals surface area contributed by atoms with Crippen LogP contribution in [0.5, 0.6) is 0 Å². The zero-order valence-corrected chi connectivity index (χ0v) is 19.6. The van der Waals surface area contributed by atoms with Gasteiger partial charge in [0.2, 0.25) is 0 Å². The molecule has 0 radical (unpaired) electrons. The Morgan fingerprint density at radius 2 is 1.55 bits per heavy atom. The van der Waals surface area contributed by atoms with E-state index < -0.39 is 0 Å². The lowest BCUT2D eigenvalue weighted by Gasteiger charge is -2.32. The van der Waals surface area contributed by atoms with Crippen LogP contribution in [0.15, 0.2) is 79.6 Å². The molecule has 0 spiro atoms. The van der Waals surface area contributed by atoms with Crippen molar-refractivity contribution in [2.45, 2.75) is 51.6 Å². The number of likely N-dealkylation sites (tertiary alicyclic amines) is 1. The summed E-state index contributed by atoms with van der Waals surface area (Å²) in [5, 5.41) is 0. The van der Waals surface area contributed by atoms with Crippen molar-refractivity contribution < 1.29 is 0 Å². The molecule has 5 rings (SSSR count). The quantitative estimate of drug-likeness (QED) is 0.375. The molecule has 0 bridgehead atoms. The van der Waals surface area contributed by atoms with Gasteiger partial charge in [0.1, 0.15) is 5.82 Å². The molecular weight excluding hydrogens is 406 g/mol. The Kier molecular flexibility index (Phi) is 6.40. The highest BCUT2D eigenvalue weighted by molar-refractivity contribution is 5.34. The molecule has 0 atom stereocenters. The van der Waals surface area contributed by atoms with Crippen LogP contribution in [-0.2, 0) is 13.1 Å². The standard InChI is InChI=1S/C28H33N5/c1-22(2)25-7-3-24(4-8-25)20-32-18-14-30-28(32)26-11-15-31(16-12-26)19-23-5-9-27(10-6-23)33-17-13-29-21-33/h3-10,13-14,17-18,21-22,26H,11-12,15-16,19-20H2,1-2H3. The molecule has 1 aliphatic heterocycles. The zero-order valence-electron chi connectivity index (χ0n) is 19.6. The first-order chi connectivity index (χ1) is 16.2. The number of piperidine rings is 1. The molecule has 1 fully saturated rings. The van der Waals surface area contributed by atoms with Crippen LogP contribution in [-0.4, -0.2) is 37.1 Å². The van der Waals surface area contributed by atoms with Crippen LogP contribution < -0.4 is 0 Å². The number of benzene rings is 2. The van der Waals surface area contributed by atoms with Crippen molar-refractivity contribution in [3.05, 3.63) is 102 Å². The number of rotatable bonds is 7. The first kappa shape index (κ1) is 21.7. The molecule has 33 heavy (non-hydrogen) atoms. The van der Waals surface area contributed by atoms with Crippen molar-refractivity contribution in [3.8, 4) is 5.69 Å². The van der Waals surface area contributed by atoms with E-state index in [2.05, 4.69) is 83.0 Å². The minimum absolute atomic E-state index is 0.537. The van der Waals surface area contributed by atoms with E-state index in [0.717, 1.165) is 44.7 Å². The summed E-state index contributed by atoms with van der Waals surface area (Å²) in [6.07, 6.45) is 12.1. The lowest BCUT2D eigenvalue weighted by Crippen LogP contribution is -2.33. The number of imidazole rings is 2. The van der Waals surface area contributed by atoms with Crippen LogP contribution in [0.4, 0.5) is 0 Å². The summed E-state index contributed by atoms with van der Waals surface area (Å²) in [5.74, 6) is 2.35. The van der Waals surface area contributed by atoms with Crippen LogP contribution in [0.25, 0.3) is 5.69 Å². The molecule has 5 heteroatoms. The van der Waals surface area contributed by atoms with E-state index in [4.69, 9.17) is 4.98 Å². The van der Waals surface area contributed by atoms with Gasteiger partial charge < -0.3 is 9.13 Å². The van der Waals surface area contributed by atoms with E-state index in [9.17, 15) is 0 Å². The summed E-state index contributed by atoms with van der Waals surface area (Å²) in [5.41, 5.74) is 5.26. The van der Waals surface area contributed by atoms with Gasteiger partial charge >= 0.3 is 0 Å². The molecule has 1 aliphatic rings. The first-order valence-electron chi connectivity index (χ1n) is 12.0. The van der Waals surface area contributed by atoms with Crippen molar-refractivity contribution in [2.24, 2.45) is 0 Å². The normalized spacial score (nSPS) is 15.4. The number of hydrogen-bond acceptors (Lipinski definition) is 3. The first-order valence-corrected chi connectivity index (χ1v) is 12.0. The highest BCUT2D eigenvalue weighted by Crippen LogP contribution is 2.28. The Labute approximate surface area is 196 Å². The summed E-state index contributed by atoms with van der Waals surface area (Å²) in [6.45, 7) is 8.62. The minimum Gasteiger partial charge on any atom is -0.330 e. The molecule has 1 saturated heterocycles. The molecule has 170 valence electrons. The van der Waals surface area contributed by atoms with Gasteiger partial charge in [-0.1, -0.05) is 50.2 Å². The summed E-state index contributed by atoms with van der Waals surface area (Å²) in [6, 6.07) is 17.9. The monoisotopic (exact) mass is 439 g/mol. The molecule has 0 unspecified atom stereocenters. The third kappa shape index (κ3) is 5.09. The highest BCUT2D eigenvalue weighted by Gasteiger charge is 2.24. The van der Waals surface area contributed by atoms with Gasteiger partial charge in [0.05, 0.1) is 6.33 Å². The molecular formula is C28H33N5. The smallest absolute Gasteiger partial charge is 0.112 e. The van der Waals surface area contributed by atoms with Gasteiger partial charge in [0.25, 0.3) is 0 Å². The van der Waals surface area contributed by atoms with Crippen LogP contribution in [0.3, 0.4) is 0 Å². The maximum atomic E-state index is 4.76. The Morgan fingerprint density at radius 1 is 0.848 bits per heavy atom. The SMILES string of the molecule is CC(C)c1ccc(Cn2ccnc2C2CCN(Cc3ccc(-n4ccnc4)cc3)CC2)cc1. The summed E-state index contributed by atoms with van der Waals surface area (Å²) in [7, 11) is 0. The third-order valence-corrected chi connectivity index (χ3v) is 6.84. The van der Waals surface area contributed by atoms with Crippen LogP contribution in [0.2, 0.25) is 0 Å². The van der Waals surface area contributed by atoms with Crippen molar-refractivity contribution in [1.82, 2.24) is 24.0 Å². The summed E-state index contributed by atoms with van der Waals surface area (Å²) >= 11 is 0. The van der Waals surface area contributed by atoms with E-state index >= 15 is 0 Å². The average Bonchev–Trinajstić information content (AvgIpc) is 3.53. The molecule has 2 aromatic carbocycles. The van der Waals surface area contributed by atoms with Crippen LogP contribution >= 0.6 is 0 Å². The van der Waals surface area contributed by atoms with Gasteiger partial charge in [0, 0.05) is 49.5 Å². The summed E-state index contributed by atoms with van der Waals surface area (Å²) in [4.78, 5) is 11.5. The van der Waals surface area contributed by atoms with Gasteiger partial charge in [-0.3, -0.25) is 4.90 Å². The van der Waals surface area contributed by atoms with Crippen LogP contribution in [0.1, 0.15) is 61.0 Å². The average molecular weight is 440 g/mol. The van der Waals surface area contributed by atoms with Gasteiger partial charge in [-0.15, -0.1) is 0 Å². The second kappa shape index (κ2) is 9.75. The highest BCUT2D eigenvalue weighted by atomic mass is 15.1. The zero-order chi connectivity index (χ0) is 22.6. The lowest BCUT2D eigenvalue weighted by molar-refractivity contribution is 0.200. The Bertz CT molecular complexity index is 1130. The van der Waals surface area contributed by atoms with Gasteiger partial charge in [-0.25, -0.2) is 9.97 Å². The van der Waals surface area contributed by atoms with Crippen molar-refractivity contribution >= 4 is 0 Å². The molecule has 0 amide bonds. The number of nitrogens with zero attached hydrogens (tertiary/aromatic N) is 5. The number of hydrogen-bond donors (Lipinski definition) is 0. The maximum absolute atomic E-state index is 4.76. The fourth-order valence-corrected chi connectivity index (χ4v) is 4.81. The van der Waals surface area contributed by atoms with Crippen LogP contribution in [0, 0.1) is 0 Å². The van der Waals surface area contributed by atoms with Gasteiger partial charge in [0.15, 0.2) is 0 Å². The largest absolute Gasteiger partial charge is 0.330 e. The fraction of sp³-hybridized carbons (Fsp3) is 0.357. The Hall–Kier alpha value is -3.18. The van der Waals surface area contributed by atoms with Gasteiger partial charge in [-0.05, 0) is 60.7 Å². The van der Waals surface area contributed by atoms with E-state index in [-0.39, 0.29) is 0 Å². The van der Waals surface area contributed by atoms with E-state index in [1.165, 1.54) is 22.5 Å². The predicted octanol–water partition coefficient (Wildman–Crippen LogP) is 5.62. The second-order valence-electron chi connectivity index (χ2n) is 9.50.